The summed E-state index contributed by atoms with van der Waals surface area (Å²) in [4.78, 5) is 4.78. The molecule has 0 radical (unpaired) electrons. The molecule has 1 N–H and O–H groups in total. The van der Waals surface area contributed by atoms with E-state index in [4.69, 9.17) is 9.72 Å². The van der Waals surface area contributed by atoms with Crippen molar-refractivity contribution >= 4 is 11.0 Å². The van der Waals surface area contributed by atoms with Gasteiger partial charge in [0.25, 0.3) is 0 Å². The van der Waals surface area contributed by atoms with Gasteiger partial charge in [-0.3, -0.25) is 0 Å². The molecule has 0 amide bonds. The molecule has 1 aliphatic carbocycles. The van der Waals surface area contributed by atoms with Crippen molar-refractivity contribution in [3.63, 3.8) is 0 Å². The fourth-order valence-corrected chi connectivity index (χ4v) is 2.72. The van der Waals surface area contributed by atoms with E-state index in [0.29, 0.717) is 6.04 Å². The van der Waals surface area contributed by atoms with E-state index in [-0.39, 0.29) is 5.75 Å². The van der Waals surface area contributed by atoms with E-state index in [2.05, 4.69) is 10.6 Å². The van der Waals surface area contributed by atoms with Crippen LogP contribution in [0.15, 0.2) is 42.5 Å². The summed E-state index contributed by atoms with van der Waals surface area (Å²) < 4.78 is 7.59. The van der Waals surface area contributed by atoms with E-state index < -0.39 is 0 Å². The first-order valence-electron chi connectivity index (χ1n) is 7.11. The number of phenolic OH excluding ortho intramolecular Hbond substituents is 1. The lowest BCUT2D eigenvalue weighted by molar-refractivity contribution is 0.415. The summed E-state index contributed by atoms with van der Waals surface area (Å²) in [7, 11) is 1.67. The van der Waals surface area contributed by atoms with Gasteiger partial charge in [0, 0.05) is 17.7 Å². The molecule has 2 aromatic carbocycles. The molecular formula is C17H16N2O2. The highest BCUT2D eigenvalue weighted by molar-refractivity contribution is 5.82. The highest BCUT2D eigenvalue weighted by Gasteiger charge is 2.28. The second kappa shape index (κ2) is 4.52. The lowest BCUT2D eigenvalue weighted by atomic mass is 10.2. The Morgan fingerprint density at radius 1 is 1.14 bits per heavy atom. The largest absolute Gasteiger partial charge is 0.508 e. The molecule has 0 bridgehead atoms. The van der Waals surface area contributed by atoms with Gasteiger partial charge in [-0.25, -0.2) is 4.98 Å². The second-order valence-corrected chi connectivity index (χ2v) is 5.44. The van der Waals surface area contributed by atoms with Crippen LogP contribution in [0.25, 0.3) is 22.4 Å². The van der Waals surface area contributed by atoms with Crippen LogP contribution in [0.4, 0.5) is 0 Å². The van der Waals surface area contributed by atoms with E-state index in [1.165, 1.54) is 12.8 Å². The molecule has 1 saturated carbocycles. The lowest BCUT2D eigenvalue weighted by Crippen LogP contribution is -1.97. The molecule has 0 atom stereocenters. The van der Waals surface area contributed by atoms with Crippen molar-refractivity contribution in [2.24, 2.45) is 0 Å². The van der Waals surface area contributed by atoms with Crippen molar-refractivity contribution < 1.29 is 9.84 Å². The van der Waals surface area contributed by atoms with Crippen LogP contribution in [0.2, 0.25) is 0 Å². The highest BCUT2D eigenvalue weighted by Crippen LogP contribution is 2.41. The normalized spacial score (nSPS) is 14.5. The van der Waals surface area contributed by atoms with Crippen LogP contribution in [0.3, 0.4) is 0 Å². The number of methoxy groups -OCH3 is 1. The summed E-state index contributed by atoms with van der Waals surface area (Å²) in [5, 5.41) is 9.46. The highest BCUT2D eigenvalue weighted by atomic mass is 16.5. The molecule has 0 unspecified atom stereocenters. The first kappa shape index (κ1) is 12.3. The predicted molar refractivity (Wildman–Crippen MR) is 81.7 cm³/mol. The molecule has 0 spiro atoms. The van der Waals surface area contributed by atoms with Crippen molar-refractivity contribution in [2.75, 3.05) is 7.11 Å². The topological polar surface area (TPSA) is 47.3 Å². The van der Waals surface area contributed by atoms with Crippen LogP contribution in [0.5, 0.6) is 11.5 Å². The zero-order chi connectivity index (χ0) is 14.4. The minimum absolute atomic E-state index is 0.273. The zero-order valence-corrected chi connectivity index (χ0v) is 11.8. The van der Waals surface area contributed by atoms with Crippen molar-refractivity contribution in [3.8, 4) is 22.9 Å². The van der Waals surface area contributed by atoms with Crippen LogP contribution < -0.4 is 4.74 Å². The molecular weight excluding hydrogens is 264 g/mol. The van der Waals surface area contributed by atoms with Gasteiger partial charge in [0.1, 0.15) is 17.3 Å². The van der Waals surface area contributed by atoms with Crippen molar-refractivity contribution in [1.82, 2.24) is 9.55 Å². The molecule has 21 heavy (non-hydrogen) atoms. The fraction of sp³-hybridized carbons (Fsp3) is 0.235. The van der Waals surface area contributed by atoms with Crippen LogP contribution >= 0.6 is 0 Å². The average molecular weight is 280 g/mol. The summed E-state index contributed by atoms with van der Waals surface area (Å²) in [6.07, 6.45) is 2.39. The van der Waals surface area contributed by atoms with Gasteiger partial charge in [-0.1, -0.05) is 0 Å². The maximum Gasteiger partial charge on any atom is 0.141 e. The maximum atomic E-state index is 9.46. The number of aromatic nitrogens is 2. The zero-order valence-electron chi connectivity index (χ0n) is 11.8. The van der Waals surface area contributed by atoms with Gasteiger partial charge in [0.05, 0.1) is 18.1 Å². The Morgan fingerprint density at radius 2 is 1.90 bits per heavy atom. The first-order valence-corrected chi connectivity index (χ1v) is 7.11. The number of hydrogen-bond donors (Lipinski definition) is 1. The SMILES string of the molecule is COc1ccc2c(c1)nc(-c1ccc(O)cc1)n2C1CC1. The number of hydrogen-bond acceptors (Lipinski definition) is 3. The van der Waals surface area contributed by atoms with E-state index in [1.54, 1.807) is 19.2 Å². The Balaban J connectivity index is 1.94. The predicted octanol–water partition coefficient (Wildman–Crippen LogP) is 3.75. The number of nitrogens with zero attached hydrogens (tertiary/aromatic N) is 2. The quantitative estimate of drug-likeness (QED) is 0.794. The molecule has 4 rings (SSSR count). The summed E-state index contributed by atoms with van der Waals surface area (Å²) in [6.45, 7) is 0. The molecule has 1 aliphatic rings. The van der Waals surface area contributed by atoms with Crippen LogP contribution in [-0.4, -0.2) is 21.8 Å². The van der Waals surface area contributed by atoms with Gasteiger partial charge < -0.3 is 14.4 Å². The Morgan fingerprint density at radius 3 is 2.57 bits per heavy atom. The van der Waals surface area contributed by atoms with Crippen LogP contribution in [0, 0.1) is 0 Å². The Hall–Kier alpha value is -2.49. The van der Waals surface area contributed by atoms with Crippen molar-refractivity contribution in [2.45, 2.75) is 18.9 Å². The Kier molecular flexibility index (Phi) is 2.64. The summed E-state index contributed by atoms with van der Waals surface area (Å²) in [5.41, 5.74) is 3.11. The average Bonchev–Trinajstić information content (AvgIpc) is 3.27. The summed E-state index contributed by atoms with van der Waals surface area (Å²) >= 11 is 0. The smallest absolute Gasteiger partial charge is 0.141 e. The Bertz CT molecular complexity index is 802. The fourth-order valence-electron chi connectivity index (χ4n) is 2.72. The number of phenols is 1. The molecule has 1 aromatic heterocycles. The minimum Gasteiger partial charge on any atom is -0.508 e. The van der Waals surface area contributed by atoms with Gasteiger partial charge in [0.2, 0.25) is 0 Å². The number of ether oxygens (including phenoxy) is 1. The van der Waals surface area contributed by atoms with E-state index in [9.17, 15) is 5.11 Å². The summed E-state index contributed by atoms with van der Waals surface area (Å²) in [6, 6.07) is 13.8. The number of benzene rings is 2. The van der Waals surface area contributed by atoms with Gasteiger partial charge in [0.15, 0.2) is 0 Å². The van der Waals surface area contributed by atoms with Crippen LogP contribution in [-0.2, 0) is 0 Å². The third-order valence-electron chi connectivity index (χ3n) is 3.93. The number of imidazole rings is 1. The van der Waals surface area contributed by atoms with E-state index in [0.717, 1.165) is 28.2 Å². The van der Waals surface area contributed by atoms with Crippen molar-refractivity contribution in [3.05, 3.63) is 42.5 Å². The monoisotopic (exact) mass is 280 g/mol. The number of rotatable bonds is 3. The first-order chi connectivity index (χ1) is 10.3. The van der Waals surface area contributed by atoms with Gasteiger partial charge in [-0.05, 0) is 49.2 Å². The van der Waals surface area contributed by atoms with Crippen LogP contribution in [0.1, 0.15) is 18.9 Å². The minimum atomic E-state index is 0.273. The molecule has 3 aromatic rings. The number of fused-ring (bicyclic) bond motifs is 1. The standard InChI is InChI=1S/C17H16N2O2/c1-21-14-8-9-16-15(10-14)18-17(19(16)12-4-5-12)11-2-6-13(20)7-3-11/h2-3,6-10,12,20H,4-5H2,1H3. The lowest BCUT2D eigenvalue weighted by Gasteiger charge is -2.08. The maximum absolute atomic E-state index is 9.46. The van der Waals surface area contributed by atoms with Gasteiger partial charge in [-0.15, -0.1) is 0 Å². The molecule has 4 nitrogen and oxygen atoms in total. The van der Waals surface area contributed by atoms with E-state index in [1.807, 2.05) is 24.3 Å². The van der Waals surface area contributed by atoms with Gasteiger partial charge >= 0.3 is 0 Å². The van der Waals surface area contributed by atoms with Crippen molar-refractivity contribution in [1.29, 1.82) is 0 Å². The Labute approximate surface area is 122 Å². The molecule has 4 heteroatoms. The second-order valence-electron chi connectivity index (χ2n) is 5.44. The van der Waals surface area contributed by atoms with Gasteiger partial charge in [-0.2, -0.15) is 0 Å². The number of aromatic hydroxyl groups is 1. The third kappa shape index (κ3) is 2.03. The molecule has 1 fully saturated rings. The molecule has 106 valence electrons. The molecule has 0 saturated heterocycles. The van der Waals surface area contributed by atoms with E-state index >= 15 is 0 Å². The molecule has 0 aliphatic heterocycles. The third-order valence-corrected chi connectivity index (χ3v) is 3.93. The summed E-state index contributed by atoms with van der Waals surface area (Å²) in [5.74, 6) is 2.05. The molecule has 1 heterocycles.